The molecule has 3 rings (SSSR count). The highest BCUT2D eigenvalue weighted by Crippen LogP contribution is 2.25. The largest absolute Gasteiger partial charge is 0.341 e. The molecule has 1 aromatic heterocycles. The van der Waals surface area contributed by atoms with Crippen LogP contribution in [-0.4, -0.2) is 42.0 Å². The van der Waals surface area contributed by atoms with Crippen LogP contribution in [0.5, 0.6) is 0 Å². The molecule has 23 heavy (non-hydrogen) atoms. The first-order valence-electron chi connectivity index (χ1n) is 7.81. The van der Waals surface area contributed by atoms with E-state index < -0.39 is 0 Å². The Balaban J connectivity index is 1.64. The second kappa shape index (κ2) is 7.43. The van der Waals surface area contributed by atoms with Gasteiger partial charge in [-0.3, -0.25) is 4.79 Å². The molecule has 0 saturated carbocycles. The number of thiazole rings is 1. The maximum Gasteiger partial charge on any atom is 0.228 e. The van der Waals surface area contributed by atoms with Gasteiger partial charge in [0.15, 0.2) is 0 Å². The Bertz CT molecular complexity index is 671. The quantitative estimate of drug-likeness (QED) is 0.921. The van der Waals surface area contributed by atoms with Crippen molar-refractivity contribution in [2.75, 3.05) is 20.1 Å². The number of nitrogens with zero attached hydrogens (tertiary/aromatic N) is 2. The van der Waals surface area contributed by atoms with E-state index in [2.05, 4.69) is 10.3 Å². The third-order valence-corrected chi connectivity index (χ3v) is 5.35. The van der Waals surface area contributed by atoms with Crippen molar-refractivity contribution >= 4 is 28.8 Å². The van der Waals surface area contributed by atoms with Gasteiger partial charge in [0, 0.05) is 35.1 Å². The van der Waals surface area contributed by atoms with Crippen molar-refractivity contribution < 1.29 is 4.79 Å². The van der Waals surface area contributed by atoms with Crippen molar-refractivity contribution in [2.45, 2.75) is 25.3 Å². The average Bonchev–Trinajstić information content (AvgIpc) is 3.04. The van der Waals surface area contributed by atoms with Crippen molar-refractivity contribution in [1.29, 1.82) is 0 Å². The second-order valence-corrected chi connectivity index (χ2v) is 7.09. The van der Waals surface area contributed by atoms with Crippen molar-refractivity contribution in [2.24, 2.45) is 0 Å². The third kappa shape index (κ3) is 4.10. The number of benzene rings is 1. The van der Waals surface area contributed by atoms with Crippen molar-refractivity contribution in [3.05, 3.63) is 40.4 Å². The summed E-state index contributed by atoms with van der Waals surface area (Å²) in [7, 11) is 1.96. The van der Waals surface area contributed by atoms with Gasteiger partial charge >= 0.3 is 0 Å². The fourth-order valence-electron chi connectivity index (χ4n) is 2.82. The molecule has 1 N–H and O–H groups in total. The van der Waals surface area contributed by atoms with Gasteiger partial charge in [-0.05, 0) is 32.0 Å². The summed E-state index contributed by atoms with van der Waals surface area (Å²) in [5.74, 6) is 0.165. The summed E-state index contributed by atoms with van der Waals surface area (Å²) in [6, 6.07) is 8.03. The molecule has 1 atom stereocenters. The Hall–Kier alpha value is -1.43. The first-order valence-corrected chi connectivity index (χ1v) is 9.07. The van der Waals surface area contributed by atoms with Crippen LogP contribution >= 0.6 is 22.9 Å². The highest BCUT2D eigenvalue weighted by molar-refractivity contribution is 7.13. The molecule has 122 valence electrons. The number of likely N-dealkylation sites (N-methyl/N-ethyl adjacent to an activating group) is 1. The van der Waals surface area contributed by atoms with E-state index in [1.54, 1.807) is 11.3 Å². The van der Waals surface area contributed by atoms with Gasteiger partial charge in [-0.2, -0.15) is 0 Å². The molecule has 4 nitrogen and oxygen atoms in total. The minimum absolute atomic E-state index is 0.165. The Morgan fingerprint density at radius 2 is 2.22 bits per heavy atom. The molecule has 1 fully saturated rings. The number of amides is 1. The van der Waals surface area contributed by atoms with Crippen LogP contribution in [0.3, 0.4) is 0 Å². The van der Waals surface area contributed by atoms with Crippen molar-refractivity contribution in [3.63, 3.8) is 0 Å². The number of hydrogen-bond acceptors (Lipinski definition) is 4. The lowest BCUT2D eigenvalue weighted by Gasteiger charge is -2.32. The lowest BCUT2D eigenvalue weighted by atomic mass is 10.1. The second-order valence-electron chi connectivity index (χ2n) is 5.80. The molecule has 1 unspecified atom stereocenters. The van der Waals surface area contributed by atoms with E-state index in [0.29, 0.717) is 17.5 Å². The average molecular weight is 350 g/mol. The molecule has 6 heteroatoms. The van der Waals surface area contributed by atoms with Gasteiger partial charge < -0.3 is 10.2 Å². The lowest BCUT2D eigenvalue weighted by Crippen LogP contribution is -2.47. The zero-order valence-electron chi connectivity index (χ0n) is 13.1. The Morgan fingerprint density at radius 3 is 2.96 bits per heavy atom. The molecule has 0 spiro atoms. The normalized spacial score (nSPS) is 18.2. The van der Waals surface area contributed by atoms with Gasteiger partial charge in [0.25, 0.3) is 0 Å². The summed E-state index contributed by atoms with van der Waals surface area (Å²) in [6.45, 7) is 1.65. The lowest BCUT2D eigenvalue weighted by molar-refractivity contribution is -0.131. The Kier molecular flexibility index (Phi) is 5.30. The molecule has 0 aliphatic carbocycles. The Labute approximate surface area is 145 Å². The minimum Gasteiger partial charge on any atom is -0.341 e. The van der Waals surface area contributed by atoms with Crippen LogP contribution in [0.25, 0.3) is 10.6 Å². The standard InChI is InChI=1S/C17H20ClN3OS/c1-19-14-3-2-8-21(10-14)16(22)9-15-11-23-17(20-15)12-4-6-13(18)7-5-12/h4-7,11,14,19H,2-3,8-10H2,1H3. The molecule has 1 aliphatic heterocycles. The fourth-order valence-corrected chi connectivity index (χ4v) is 3.77. The summed E-state index contributed by atoms with van der Waals surface area (Å²) in [5, 5.41) is 6.88. The number of carbonyl (C=O) groups excluding carboxylic acids is 1. The number of hydrogen-bond donors (Lipinski definition) is 1. The first kappa shape index (κ1) is 16.4. The summed E-state index contributed by atoms with van der Waals surface area (Å²) >= 11 is 7.48. The van der Waals surface area contributed by atoms with Crippen molar-refractivity contribution in [1.82, 2.24) is 15.2 Å². The maximum absolute atomic E-state index is 12.5. The van der Waals surface area contributed by atoms with Crippen molar-refractivity contribution in [3.8, 4) is 10.6 Å². The number of likely N-dealkylation sites (tertiary alicyclic amines) is 1. The summed E-state index contributed by atoms with van der Waals surface area (Å²) in [5.41, 5.74) is 1.88. The SMILES string of the molecule is CNC1CCCN(C(=O)Cc2csc(-c3ccc(Cl)cc3)n2)C1. The van der Waals surface area contributed by atoms with E-state index in [-0.39, 0.29) is 5.91 Å². The first-order chi connectivity index (χ1) is 11.2. The summed E-state index contributed by atoms with van der Waals surface area (Å²) in [6.07, 6.45) is 2.57. The molecular formula is C17H20ClN3OS. The molecule has 2 aromatic rings. The molecule has 0 radical (unpaired) electrons. The number of piperidine rings is 1. The molecule has 1 saturated heterocycles. The van der Waals surface area contributed by atoms with Crippen LogP contribution in [0.4, 0.5) is 0 Å². The predicted octanol–water partition coefficient (Wildman–Crippen LogP) is 3.22. The summed E-state index contributed by atoms with van der Waals surface area (Å²) < 4.78 is 0. The van der Waals surface area contributed by atoms with E-state index in [1.165, 1.54) is 0 Å². The van der Waals surface area contributed by atoms with E-state index in [0.717, 1.165) is 42.2 Å². The monoisotopic (exact) mass is 349 g/mol. The number of carbonyl (C=O) groups is 1. The van der Waals surface area contributed by atoms with Crippen LogP contribution in [0.15, 0.2) is 29.6 Å². The van der Waals surface area contributed by atoms with E-state index in [1.807, 2.05) is 41.6 Å². The van der Waals surface area contributed by atoms with Crippen LogP contribution in [0.2, 0.25) is 5.02 Å². The zero-order chi connectivity index (χ0) is 16.2. The highest BCUT2D eigenvalue weighted by Gasteiger charge is 2.23. The van der Waals surface area contributed by atoms with Gasteiger partial charge in [-0.1, -0.05) is 23.7 Å². The fraction of sp³-hybridized carbons (Fsp3) is 0.412. The third-order valence-electron chi connectivity index (χ3n) is 4.16. The maximum atomic E-state index is 12.5. The van der Waals surface area contributed by atoms with Gasteiger partial charge in [0.1, 0.15) is 5.01 Å². The highest BCUT2D eigenvalue weighted by atomic mass is 35.5. The molecule has 1 aliphatic rings. The minimum atomic E-state index is 0.165. The van der Waals surface area contributed by atoms with E-state index in [4.69, 9.17) is 11.6 Å². The predicted molar refractivity (Wildman–Crippen MR) is 94.9 cm³/mol. The van der Waals surface area contributed by atoms with Crippen LogP contribution in [0, 0.1) is 0 Å². The number of rotatable bonds is 4. The Morgan fingerprint density at radius 1 is 1.43 bits per heavy atom. The topological polar surface area (TPSA) is 45.2 Å². The van der Waals surface area contributed by atoms with Crippen LogP contribution in [-0.2, 0) is 11.2 Å². The smallest absolute Gasteiger partial charge is 0.228 e. The molecule has 1 amide bonds. The van der Waals surface area contributed by atoms with Gasteiger partial charge in [0.05, 0.1) is 12.1 Å². The molecular weight excluding hydrogens is 330 g/mol. The number of halogens is 1. The van der Waals surface area contributed by atoms with Crippen LogP contribution in [0.1, 0.15) is 18.5 Å². The summed E-state index contributed by atoms with van der Waals surface area (Å²) in [4.78, 5) is 19.0. The van der Waals surface area contributed by atoms with E-state index in [9.17, 15) is 4.79 Å². The van der Waals surface area contributed by atoms with Gasteiger partial charge in [0.2, 0.25) is 5.91 Å². The molecule has 0 bridgehead atoms. The van der Waals surface area contributed by atoms with Gasteiger partial charge in [-0.15, -0.1) is 11.3 Å². The zero-order valence-corrected chi connectivity index (χ0v) is 14.7. The number of aromatic nitrogens is 1. The van der Waals surface area contributed by atoms with E-state index >= 15 is 0 Å². The molecule has 1 aromatic carbocycles. The van der Waals surface area contributed by atoms with Gasteiger partial charge in [-0.25, -0.2) is 4.98 Å². The number of nitrogens with one attached hydrogen (secondary N) is 1. The van der Waals surface area contributed by atoms with Crippen LogP contribution < -0.4 is 5.32 Å². The molecule has 2 heterocycles.